The SMILES string of the molecule is C[C@H](Oc1ccccc1C=O)C(=O)NC1CCCC1. The third kappa shape index (κ3) is 3.56. The van der Waals surface area contributed by atoms with Crippen LogP contribution in [0.1, 0.15) is 43.0 Å². The summed E-state index contributed by atoms with van der Waals surface area (Å²) in [7, 11) is 0. The number of rotatable bonds is 5. The maximum Gasteiger partial charge on any atom is 0.260 e. The van der Waals surface area contributed by atoms with Crippen LogP contribution in [-0.4, -0.2) is 24.3 Å². The van der Waals surface area contributed by atoms with Crippen molar-refractivity contribution >= 4 is 12.2 Å². The number of benzene rings is 1. The van der Waals surface area contributed by atoms with Crippen LogP contribution in [0.15, 0.2) is 24.3 Å². The summed E-state index contributed by atoms with van der Waals surface area (Å²) in [5.41, 5.74) is 0.461. The molecule has 0 aromatic heterocycles. The fraction of sp³-hybridized carbons (Fsp3) is 0.467. The monoisotopic (exact) mass is 261 g/mol. The highest BCUT2D eigenvalue weighted by Crippen LogP contribution is 2.19. The van der Waals surface area contributed by atoms with Gasteiger partial charge in [-0.25, -0.2) is 0 Å². The number of aldehydes is 1. The van der Waals surface area contributed by atoms with Crippen LogP contribution >= 0.6 is 0 Å². The van der Waals surface area contributed by atoms with Crippen molar-refractivity contribution in [3.8, 4) is 5.75 Å². The topological polar surface area (TPSA) is 55.4 Å². The lowest BCUT2D eigenvalue weighted by Crippen LogP contribution is -2.41. The number of ether oxygens (including phenoxy) is 1. The van der Waals surface area contributed by atoms with E-state index in [2.05, 4.69) is 5.32 Å². The van der Waals surface area contributed by atoms with E-state index in [9.17, 15) is 9.59 Å². The number of nitrogens with one attached hydrogen (secondary N) is 1. The average Bonchev–Trinajstić information content (AvgIpc) is 2.92. The Hall–Kier alpha value is -1.84. The molecule has 1 atom stereocenters. The second-order valence-corrected chi connectivity index (χ2v) is 4.91. The summed E-state index contributed by atoms with van der Waals surface area (Å²) in [5.74, 6) is 0.333. The largest absolute Gasteiger partial charge is 0.480 e. The highest BCUT2D eigenvalue weighted by Gasteiger charge is 2.22. The molecule has 1 aromatic carbocycles. The van der Waals surface area contributed by atoms with E-state index in [1.54, 1.807) is 31.2 Å². The van der Waals surface area contributed by atoms with Crippen molar-refractivity contribution in [2.24, 2.45) is 0 Å². The number of carbonyl (C=O) groups excluding carboxylic acids is 2. The van der Waals surface area contributed by atoms with Gasteiger partial charge in [0.05, 0.1) is 5.56 Å². The molecular weight excluding hydrogens is 242 g/mol. The normalized spacial score (nSPS) is 16.9. The molecule has 1 amide bonds. The van der Waals surface area contributed by atoms with Gasteiger partial charge >= 0.3 is 0 Å². The van der Waals surface area contributed by atoms with Gasteiger partial charge in [-0.05, 0) is 31.9 Å². The van der Waals surface area contributed by atoms with Crippen LogP contribution in [0.2, 0.25) is 0 Å². The molecule has 1 saturated carbocycles. The number of carbonyl (C=O) groups is 2. The third-order valence-corrected chi connectivity index (χ3v) is 3.42. The number of para-hydroxylation sites is 1. The number of hydrogen-bond donors (Lipinski definition) is 1. The molecule has 1 fully saturated rings. The van der Waals surface area contributed by atoms with Gasteiger partial charge in [-0.2, -0.15) is 0 Å². The number of hydrogen-bond acceptors (Lipinski definition) is 3. The molecular formula is C15H19NO3. The molecule has 0 aliphatic heterocycles. The third-order valence-electron chi connectivity index (χ3n) is 3.42. The minimum absolute atomic E-state index is 0.118. The van der Waals surface area contributed by atoms with Crippen LogP contribution in [-0.2, 0) is 4.79 Å². The van der Waals surface area contributed by atoms with Crippen LogP contribution in [0, 0.1) is 0 Å². The molecule has 0 saturated heterocycles. The molecule has 102 valence electrons. The van der Waals surface area contributed by atoms with E-state index in [-0.39, 0.29) is 11.9 Å². The molecule has 0 unspecified atom stereocenters. The molecule has 2 rings (SSSR count). The summed E-state index contributed by atoms with van der Waals surface area (Å²) in [4.78, 5) is 22.9. The second kappa shape index (κ2) is 6.36. The van der Waals surface area contributed by atoms with Gasteiger partial charge in [0.15, 0.2) is 12.4 Å². The van der Waals surface area contributed by atoms with Crippen molar-refractivity contribution in [2.75, 3.05) is 0 Å². The molecule has 0 heterocycles. The van der Waals surface area contributed by atoms with Crippen molar-refractivity contribution in [1.82, 2.24) is 5.32 Å². The fourth-order valence-corrected chi connectivity index (χ4v) is 2.32. The van der Waals surface area contributed by atoms with Crippen LogP contribution in [0.25, 0.3) is 0 Å². The summed E-state index contributed by atoms with van der Waals surface area (Å²) in [6.07, 6.45) is 4.58. The van der Waals surface area contributed by atoms with Crippen molar-refractivity contribution in [3.63, 3.8) is 0 Å². The lowest BCUT2D eigenvalue weighted by atomic mass is 10.2. The van der Waals surface area contributed by atoms with Crippen LogP contribution in [0.4, 0.5) is 0 Å². The van der Waals surface area contributed by atoms with Crippen LogP contribution in [0.3, 0.4) is 0 Å². The second-order valence-electron chi connectivity index (χ2n) is 4.91. The Morgan fingerprint density at radius 2 is 2.05 bits per heavy atom. The quantitative estimate of drug-likeness (QED) is 0.828. The Balaban J connectivity index is 1.93. The van der Waals surface area contributed by atoms with Gasteiger partial charge in [-0.1, -0.05) is 25.0 Å². The average molecular weight is 261 g/mol. The first-order valence-electron chi connectivity index (χ1n) is 6.72. The summed E-state index contributed by atoms with van der Waals surface area (Å²) < 4.78 is 5.57. The number of amides is 1. The predicted molar refractivity (Wildman–Crippen MR) is 72.3 cm³/mol. The minimum atomic E-state index is -0.596. The van der Waals surface area contributed by atoms with Gasteiger partial charge in [-0.3, -0.25) is 9.59 Å². The summed E-state index contributed by atoms with van der Waals surface area (Å²) in [6, 6.07) is 7.19. The van der Waals surface area contributed by atoms with Gasteiger partial charge in [0.1, 0.15) is 5.75 Å². The molecule has 0 radical (unpaired) electrons. The standard InChI is InChI=1S/C15H19NO3/c1-11(15(18)16-13-7-3-4-8-13)19-14-9-5-2-6-12(14)10-17/h2,5-6,9-11,13H,3-4,7-8H2,1H3,(H,16,18)/t11-/m0/s1. The summed E-state index contributed by atoms with van der Waals surface area (Å²) >= 11 is 0. The molecule has 0 spiro atoms. The Labute approximate surface area is 113 Å². The molecule has 0 bridgehead atoms. The van der Waals surface area contributed by atoms with E-state index in [0.29, 0.717) is 11.3 Å². The molecule has 4 nitrogen and oxygen atoms in total. The van der Waals surface area contributed by atoms with Gasteiger partial charge < -0.3 is 10.1 Å². The zero-order valence-electron chi connectivity index (χ0n) is 11.1. The molecule has 4 heteroatoms. The Bertz CT molecular complexity index is 452. The highest BCUT2D eigenvalue weighted by atomic mass is 16.5. The lowest BCUT2D eigenvalue weighted by molar-refractivity contribution is -0.127. The van der Waals surface area contributed by atoms with E-state index in [0.717, 1.165) is 19.1 Å². The van der Waals surface area contributed by atoms with E-state index in [4.69, 9.17) is 4.74 Å². The van der Waals surface area contributed by atoms with E-state index < -0.39 is 6.10 Å². The van der Waals surface area contributed by atoms with Crippen molar-refractivity contribution in [1.29, 1.82) is 0 Å². The first-order valence-corrected chi connectivity index (χ1v) is 6.72. The zero-order chi connectivity index (χ0) is 13.7. The highest BCUT2D eigenvalue weighted by molar-refractivity contribution is 5.82. The van der Waals surface area contributed by atoms with E-state index in [1.165, 1.54) is 12.8 Å². The van der Waals surface area contributed by atoms with Crippen molar-refractivity contribution < 1.29 is 14.3 Å². The summed E-state index contributed by atoms with van der Waals surface area (Å²) in [6.45, 7) is 1.70. The van der Waals surface area contributed by atoms with Crippen molar-refractivity contribution in [3.05, 3.63) is 29.8 Å². The zero-order valence-corrected chi connectivity index (χ0v) is 11.1. The van der Waals surface area contributed by atoms with E-state index in [1.807, 2.05) is 0 Å². The maximum absolute atomic E-state index is 12.0. The first-order chi connectivity index (χ1) is 9.20. The lowest BCUT2D eigenvalue weighted by Gasteiger charge is -2.18. The van der Waals surface area contributed by atoms with Gasteiger partial charge in [0, 0.05) is 6.04 Å². The minimum Gasteiger partial charge on any atom is -0.480 e. The van der Waals surface area contributed by atoms with E-state index >= 15 is 0 Å². The van der Waals surface area contributed by atoms with Crippen molar-refractivity contribution in [2.45, 2.75) is 44.8 Å². The Morgan fingerprint density at radius 3 is 2.74 bits per heavy atom. The van der Waals surface area contributed by atoms with Gasteiger partial charge in [0.25, 0.3) is 5.91 Å². The Kier molecular flexibility index (Phi) is 4.55. The summed E-state index contributed by atoms with van der Waals surface area (Å²) in [5, 5.41) is 2.98. The molecule has 1 aliphatic rings. The molecule has 19 heavy (non-hydrogen) atoms. The maximum atomic E-state index is 12.0. The molecule has 1 aliphatic carbocycles. The van der Waals surface area contributed by atoms with Crippen LogP contribution in [0.5, 0.6) is 5.75 Å². The fourth-order valence-electron chi connectivity index (χ4n) is 2.32. The predicted octanol–water partition coefficient (Wildman–Crippen LogP) is 2.33. The Morgan fingerprint density at radius 1 is 1.37 bits per heavy atom. The molecule has 1 aromatic rings. The smallest absolute Gasteiger partial charge is 0.260 e. The van der Waals surface area contributed by atoms with Gasteiger partial charge in [0.2, 0.25) is 0 Å². The van der Waals surface area contributed by atoms with Crippen LogP contribution < -0.4 is 10.1 Å². The van der Waals surface area contributed by atoms with Gasteiger partial charge in [-0.15, -0.1) is 0 Å². The first kappa shape index (κ1) is 13.6. The molecule has 1 N–H and O–H groups in total.